The zero-order valence-corrected chi connectivity index (χ0v) is 10.5. The minimum atomic E-state index is 0.189. The summed E-state index contributed by atoms with van der Waals surface area (Å²) in [6, 6.07) is 0.189. The molecule has 0 aliphatic carbocycles. The van der Waals surface area contributed by atoms with Gasteiger partial charge in [-0.15, -0.1) is 0 Å². The van der Waals surface area contributed by atoms with Gasteiger partial charge in [0, 0.05) is 6.92 Å². The van der Waals surface area contributed by atoms with Crippen molar-refractivity contribution in [3.8, 4) is 0 Å². The van der Waals surface area contributed by atoms with Crippen molar-refractivity contribution < 1.29 is 9.05 Å². The Hall–Kier alpha value is -1.76. The molecular formula is C11H15N5O2. The number of hydrogen-bond donors (Lipinski definition) is 0. The molecule has 0 spiro atoms. The second kappa shape index (κ2) is 4.49. The molecule has 1 fully saturated rings. The lowest BCUT2D eigenvalue weighted by atomic mass is 10.2. The molecule has 7 nitrogen and oxygen atoms in total. The maximum Gasteiger partial charge on any atom is 0.240 e. The van der Waals surface area contributed by atoms with Crippen molar-refractivity contribution in [2.75, 3.05) is 6.54 Å². The molecule has 0 bridgehead atoms. The monoisotopic (exact) mass is 249 g/mol. The highest BCUT2D eigenvalue weighted by atomic mass is 16.5. The average molecular weight is 249 g/mol. The molecule has 3 rings (SSSR count). The number of hydrogen-bond acceptors (Lipinski definition) is 7. The molecular weight excluding hydrogens is 234 g/mol. The average Bonchev–Trinajstić information content (AvgIpc) is 3.01. The molecule has 1 aliphatic heterocycles. The molecule has 0 amide bonds. The fourth-order valence-electron chi connectivity index (χ4n) is 2.34. The summed E-state index contributed by atoms with van der Waals surface area (Å²) in [5.41, 5.74) is 0. The van der Waals surface area contributed by atoms with Crippen molar-refractivity contribution in [2.45, 2.75) is 39.3 Å². The van der Waals surface area contributed by atoms with E-state index in [1.807, 2.05) is 6.92 Å². The van der Waals surface area contributed by atoms with E-state index in [4.69, 9.17) is 9.05 Å². The quantitative estimate of drug-likeness (QED) is 0.813. The first-order valence-electron chi connectivity index (χ1n) is 6.06. The summed E-state index contributed by atoms with van der Waals surface area (Å²) in [6.45, 7) is 5.24. The van der Waals surface area contributed by atoms with Crippen molar-refractivity contribution >= 4 is 0 Å². The molecule has 0 N–H and O–H groups in total. The van der Waals surface area contributed by atoms with Crippen LogP contribution in [-0.2, 0) is 6.54 Å². The fourth-order valence-corrected chi connectivity index (χ4v) is 2.34. The minimum Gasteiger partial charge on any atom is -0.340 e. The Morgan fingerprint density at radius 1 is 1.22 bits per heavy atom. The van der Waals surface area contributed by atoms with Crippen LogP contribution in [0.1, 0.15) is 42.3 Å². The van der Waals surface area contributed by atoms with Crippen LogP contribution >= 0.6 is 0 Å². The van der Waals surface area contributed by atoms with E-state index in [2.05, 4.69) is 25.2 Å². The molecule has 2 aromatic rings. The Balaban J connectivity index is 1.75. The fraction of sp³-hybridized carbons (Fsp3) is 0.636. The Labute approximate surface area is 104 Å². The van der Waals surface area contributed by atoms with E-state index in [0.717, 1.165) is 25.2 Å². The van der Waals surface area contributed by atoms with Gasteiger partial charge >= 0.3 is 0 Å². The molecule has 1 saturated heterocycles. The van der Waals surface area contributed by atoms with Gasteiger partial charge in [-0.05, 0) is 26.3 Å². The van der Waals surface area contributed by atoms with E-state index in [-0.39, 0.29) is 6.04 Å². The lowest BCUT2D eigenvalue weighted by molar-refractivity contribution is 0.202. The zero-order valence-electron chi connectivity index (χ0n) is 10.5. The first-order chi connectivity index (χ1) is 8.72. The van der Waals surface area contributed by atoms with Gasteiger partial charge in [0.15, 0.2) is 11.6 Å². The van der Waals surface area contributed by atoms with E-state index in [9.17, 15) is 0 Å². The molecule has 2 aromatic heterocycles. The number of nitrogens with zero attached hydrogens (tertiary/aromatic N) is 5. The van der Waals surface area contributed by atoms with E-state index < -0.39 is 0 Å². The van der Waals surface area contributed by atoms with Crippen LogP contribution in [0, 0.1) is 13.8 Å². The Morgan fingerprint density at radius 3 is 2.78 bits per heavy atom. The van der Waals surface area contributed by atoms with Gasteiger partial charge in [0.1, 0.15) is 0 Å². The molecule has 0 saturated carbocycles. The van der Waals surface area contributed by atoms with Gasteiger partial charge in [0.05, 0.1) is 12.6 Å². The van der Waals surface area contributed by atoms with Crippen LogP contribution in [0.25, 0.3) is 0 Å². The third-order valence-corrected chi connectivity index (χ3v) is 3.11. The lowest BCUT2D eigenvalue weighted by Crippen LogP contribution is -2.23. The van der Waals surface area contributed by atoms with Gasteiger partial charge in [-0.25, -0.2) is 0 Å². The van der Waals surface area contributed by atoms with Crippen LogP contribution in [0.2, 0.25) is 0 Å². The van der Waals surface area contributed by atoms with Crippen LogP contribution in [0.4, 0.5) is 0 Å². The second-order valence-electron chi connectivity index (χ2n) is 4.54. The maximum atomic E-state index is 5.15. The predicted molar refractivity (Wildman–Crippen MR) is 60.5 cm³/mol. The SMILES string of the molecule is Cc1noc(CN2CCC[C@@H]2c2noc(C)n2)n1. The molecule has 0 unspecified atom stereocenters. The first-order valence-corrected chi connectivity index (χ1v) is 6.06. The largest absolute Gasteiger partial charge is 0.340 e. The highest BCUT2D eigenvalue weighted by Crippen LogP contribution is 2.31. The molecule has 18 heavy (non-hydrogen) atoms. The van der Waals surface area contributed by atoms with E-state index in [1.165, 1.54) is 0 Å². The summed E-state index contributed by atoms with van der Waals surface area (Å²) in [7, 11) is 0. The van der Waals surface area contributed by atoms with Crippen molar-refractivity contribution in [3.63, 3.8) is 0 Å². The topological polar surface area (TPSA) is 81.1 Å². The van der Waals surface area contributed by atoms with Gasteiger partial charge in [-0.2, -0.15) is 9.97 Å². The van der Waals surface area contributed by atoms with Crippen molar-refractivity contribution in [1.82, 2.24) is 25.2 Å². The van der Waals surface area contributed by atoms with Crippen LogP contribution < -0.4 is 0 Å². The molecule has 0 radical (unpaired) electrons. The number of aromatic nitrogens is 4. The predicted octanol–water partition coefficient (Wildman–Crippen LogP) is 1.41. The van der Waals surface area contributed by atoms with Crippen LogP contribution in [0.5, 0.6) is 0 Å². The number of aryl methyl sites for hydroxylation is 2. The van der Waals surface area contributed by atoms with Crippen LogP contribution in [0.3, 0.4) is 0 Å². The van der Waals surface area contributed by atoms with Gasteiger partial charge in [-0.3, -0.25) is 4.90 Å². The summed E-state index contributed by atoms with van der Waals surface area (Å²) in [5.74, 6) is 2.66. The summed E-state index contributed by atoms with van der Waals surface area (Å²) in [6.07, 6.45) is 2.15. The third kappa shape index (κ3) is 2.13. The molecule has 7 heteroatoms. The second-order valence-corrected chi connectivity index (χ2v) is 4.54. The Kier molecular flexibility index (Phi) is 2.83. The minimum absolute atomic E-state index is 0.189. The number of rotatable bonds is 3. The lowest BCUT2D eigenvalue weighted by Gasteiger charge is -2.19. The van der Waals surface area contributed by atoms with Gasteiger partial charge < -0.3 is 9.05 Å². The number of likely N-dealkylation sites (tertiary alicyclic amines) is 1. The summed E-state index contributed by atoms with van der Waals surface area (Å²) < 4.78 is 10.2. The summed E-state index contributed by atoms with van der Waals surface area (Å²) >= 11 is 0. The summed E-state index contributed by atoms with van der Waals surface area (Å²) in [4.78, 5) is 10.8. The van der Waals surface area contributed by atoms with Crippen LogP contribution in [0.15, 0.2) is 9.05 Å². The highest BCUT2D eigenvalue weighted by molar-refractivity contribution is 4.98. The smallest absolute Gasteiger partial charge is 0.240 e. The first kappa shape index (κ1) is 11.3. The van der Waals surface area contributed by atoms with Gasteiger partial charge in [-0.1, -0.05) is 10.3 Å². The zero-order chi connectivity index (χ0) is 12.5. The van der Waals surface area contributed by atoms with Crippen LogP contribution in [-0.4, -0.2) is 31.7 Å². The highest BCUT2D eigenvalue weighted by Gasteiger charge is 2.30. The maximum absolute atomic E-state index is 5.15. The molecule has 1 aliphatic rings. The molecule has 3 heterocycles. The van der Waals surface area contributed by atoms with E-state index in [1.54, 1.807) is 6.92 Å². The van der Waals surface area contributed by atoms with E-state index in [0.29, 0.717) is 24.2 Å². The Bertz CT molecular complexity index is 535. The Morgan fingerprint density at radius 2 is 2.11 bits per heavy atom. The standard InChI is InChI=1S/C11H15N5O2/c1-7-12-10(18-14-7)6-16-5-3-4-9(16)11-13-8(2)17-15-11/h9H,3-6H2,1-2H3/t9-/m1/s1. The molecule has 0 aromatic carbocycles. The normalized spacial score (nSPS) is 20.7. The molecule has 96 valence electrons. The van der Waals surface area contributed by atoms with E-state index >= 15 is 0 Å². The summed E-state index contributed by atoms with van der Waals surface area (Å²) in [5, 5.41) is 7.80. The van der Waals surface area contributed by atoms with Gasteiger partial charge in [0.25, 0.3) is 0 Å². The molecule has 1 atom stereocenters. The van der Waals surface area contributed by atoms with Gasteiger partial charge in [0.2, 0.25) is 11.8 Å². The van der Waals surface area contributed by atoms with Crippen molar-refractivity contribution in [2.24, 2.45) is 0 Å². The van der Waals surface area contributed by atoms with Crippen molar-refractivity contribution in [1.29, 1.82) is 0 Å². The third-order valence-electron chi connectivity index (χ3n) is 3.11. The van der Waals surface area contributed by atoms with Crippen molar-refractivity contribution in [3.05, 3.63) is 23.4 Å².